The fourth-order valence-electron chi connectivity index (χ4n) is 2.36. The SMILES string of the molecule is CCOC(=O)C(=CC(OC(CC)c1ccccn1)C(O)CO)CC[N+](=O)[O-]. The average Bonchev–Trinajstić information content (AvgIpc) is 2.67. The van der Waals surface area contributed by atoms with Crippen LogP contribution < -0.4 is 0 Å². The number of hydrogen-bond donors (Lipinski definition) is 2. The van der Waals surface area contributed by atoms with Crippen LogP contribution in [0.15, 0.2) is 36.0 Å². The normalized spacial score (nSPS) is 15.0. The van der Waals surface area contributed by atoms with Gasteiger partial charge in [-0.2, -0.15) is 0 Å². The number of pyridine rings is 1. The van der Waals surface area contributed by atoms with Crippen molar-refractivity contribution in [3.63, 3.8) is 0 Å². The molecule has 0 saturated carbocycles. The van der Waals surface area contributed by atoms with E-state index in [1.807, 2.05) is 6.92 Å². The van der Waals surface area contributed by atoms with Crippen molar-refractivity contribution in [1.29, 1.82) is 0 Å². The number of nitrogens with zero attached hydrogens (tertiary/aromatic N) is 2. The fourth-order valence-corrected chi connectivity index (χ4v) is 2.36. The van der Waals surface area contributed by atoms with E-state index in [-0.39, 0.29) is 18.6 Å². The summed E-state index contributed by atoms with van der Waals surface area (Å²) in [5.41, 5.74) is 0.647. The molecule has 9 nitrogen and oxygen atoms in total. The highest BCUT2D eigenvalue weighted by molar-refractivity contribution is 5.88. The van der Waals surface area contributed by atoms with Crippen molar-refractivity contribution in [3.8, 4) is 0 Å². The summed E-state index contributed by atoms with van der Waals surface area (Å²) in [4.78, 5) is 26.4. The van der Waals surface area contributed by atoms with Crippen LogP contribution >= 0.6 is 0 Å². The summed E-state index contributed by atoms with van der Waals surface area (Å²) < 4.78 is 10.8. The number of rotatable bonds is 12. The third kappa shape index (κ3) is 7.81. The van der Waals surface area contributed by atoms with Crippen molar-refractivity contribution < 1.29 is 29.4 Å². The van der Waals surface area contributed by atoms with E-state index in [1.165, 1.54) is 6.08 Å². The third-order valence-corrected chi connectivity index (χ3v) is 3.74. The molecule has 0 fully saturated rings. The van der Waals surface area contributed by atoms with Gasteiger partial charge in [-0.3, -0.25) is 15.1 Å². The second kappa shape index (κ2) is 12.1. The molecule has 0 saturated heterocycles. The molecule has 0 bridgehead atoms. The third-order valence-electron chi connectivity index (χ3n) is 3.74. The highest BCUT2D eigenvalue weighted by Gasteiger charge is 2.25. The van der Waals surface area contributed by atoms with Crippen LogP contribution in [0, 0.1) is 10.1 Å². The van der Waals surface area contributed by atoms with Gasteiger partial charge in [0.1, 0.15) is 18.3 Å². The van der Waals surface area contributed by atoms with E-state index >= 15 is 0 Å². The first-order valence-electron chi connectivity index (χ1n) is 8.77. The Balaban J connectivity index is 3.10. The van der Waals surface area contributed by atoms with Crippen molar-refractivity contribution >= 4 is 5.97 Å². The number of carbonyl (C=O) groups is 1. The Morgan fingerprint density at radius 1 is 1.41 bits per heavy atom. The van der Waals surface area contributed by atoms with E-state index in [9.17, 15) is 25.1 Å². The van der Waals surface area contributed by atoms with Crippen LogP contribution in [0.4, 0.5) is 0 Å². The van der Waals surface area contributed by atoms with Crippen molar-refractivity contribution in [1.82, 2.24) is 4.98 Å². The minimum absolute atomic E-state index is 0.0157. The molecule has 1 heterocycles. The zero-order valence-electron chi connectivity index (χ0n) is 15.5. The standard InChI is InChI=1S/C18H26N2O7/c1-3-16(14-7-5-6-9-19-14)27-17(15(22)12-21)11-13(8-10-20(24)25)18(23)26-4-2/h5-7,9,11,15-17,21-22H,3-4,8,10,12H2,1-2H3. The predicted octanol–water partition coefficient (Wildman–Crippen LogP) is 1.43. The van der Waals surface area contributed by atoms with Crippen molar-refractivity contribution in [2.24, 2.45) is 0 Å². The zero-order valence-corrected chi connectivity index (χ0v) is 15.5. The van der Waals surface area contributed by atoms with Gasteiger partial charge >= 0.3 is 5.97 Å². The average molecular weight is 382 g/mol. The summed E-state index contributed by atoms with van der Waals surface area (Å²) >= 11 is 0. The van der Waals surface area contributed by atoms with E-state index < -0.39 is 42.4 Å². The van der Waals surface area contributed by atoms with Crippen molar-refractivity contribution in [2.75, 3.05) is 19.8 Å². The Kier molecular flexibility index (Phi) is 10.2. The van der Waals surface area contributed by atoms with Gasteiger partial charge < -0.3 is 19.7 Å². The van der Waals surface area contributed by atoms with Crippen LogP contribution in [0.1, 0.15) is 38.5 Å². The first kappa shape index (κ1) is 22.7. The molecule has 27 heavy (non-hydrogen) atoms. The minimum atomic E-state index is -1.32. The number of nitro groups is 1. The van der Waals surface area contributed by atoms with E-state index in [4.69, 9.17) is 9.47 Å². The number of aromatic nitrogens is 1. The lowest BCUT2D eigenvalue weighted by atomic mass is 10.1. The van der Waals surface area contributed by atoms with Gasteiger partial charge in [0.05, 0.1) is 18.9 Å². The molecule has 0 spiro atoms. The Labute approximate surface area is 157 Å². The molecule has 150 valence electrons. The van der Waals surface area contributed by atoms with Crippen LogP contribution in [0.2, 0.25) is 0 Å². The quantitative estimate of drug-likeness (QED) is 0.240. The predicted molar refractivity (Wildman–Crippen MR) is 96.4 cm³/mol. The number of esters is 1. The molecule has 9 heteroatoms. The second-order valence-electron chi connectivity index (χ2n) is 5.72. The first-order chi connectivity index (χ1) is 12.9. The van der Waals surface area contributed by atoms with Gasteiger partial charge in [-0.15, -0.1) is 0 Å². The smallest absolute Gasteiger partial charge is 0.334 e. The Hall–Kier alpha value is -2.36. The maximum absolute atomic E-state index is 12.1. The summed E-state index contributed by atoms with van der Waals surface area (Å²) in [6.07, 6.45) is 0.375. The molecule has 0 aliphatic heterocycles. The molecular formula is C18H26N2O7. The van der Waals surface area contributed by atoms with Crippen LogP contribution in [0.25, 0.3) is 0 Å². The summed E-state index contributed by atoms with van der Waals surface area (Å²) in [6.45, 7) is 2.52. The van der Waals surface area contributed by atoms with E-state index in [2.05, 4.69) is 4.98 Å². The van der Waals surface area contributed by atoms with Crippen LogP contribution in [0.5, 0.6) is 0 Å². The number of aliphatic hydroxyl groups is 2. The monoisotopic (exact) mass is 382 g/mol. The topological polar surface area (TPSA) is 132 Å². The lowest BCUT2D eigenvalue weighted by Gasteiger charge is -2.25. The summed E-state index contributed by atoms with van der Waals surface area (Å²) in [5, 5.41) is 30.1. The van der Waals surface area contributed by atoms with E-state index in [1.54, 1.807) is 31.3 Å². The largest absolute Gasteiger partial charge is 0.463 e. The van der Waals surface area contributed by atoms with Gasteiger partial charge in [0.2, 0.25) is 6.54 Å². The minimum Gasteiger partial charge on any atom is -0.463 e. The van der Waals surface area contributed by atoms with Gasteiger partial charge in [-0.1, -0.05) is 13.0 Å². The molecular weight excluding hydrogens is 356 g/mol. The molecule has 0 aliphatic carbocycles. The Morgan fingerprint density at radius 2 is 2.15 bits per heavy atom. The number of aliphatic hydroxyl groups excluding tert-OH is 2. The first-order valence-corrected chi connectivity index (χ1v) is 8.77. The van der Waals surface area contributed by atoms with Crippen LogP contribution in [-0.4, -0.2) is 58.1 Å². The molecule has 2 N–H and O–H groups in total. The molecule has 3 atom stereocenters. The maximum atomic E-state index is 12.1. The summed E-state index contributed by atoms with van der Waals surface area (Å²) in [6, 6.07) is 5.31. The highest BCUT2D eigenvalue weighted by atomic mass is 16.6. The second-order valence-corrected chi connectivity index (χ2v) is 5.72. The molecule has 1 aromatic rings. The summed E-state index contributed by atoms with van der Waals surface area (Å²) in [7, 11) is 0. The number of hydrogen-bond acceptors (Lipinski definition) is 8. The Bertz CT molecular complexity index is 621. The van der Waals surface area contributed by atoms with Gasteiger partial charge in [0, 0.05) is 23.1 Å². The molecule has 1 rings (SSSR count). The van der Waals surface area contributed by atoms with Crippen molar-refractivity contribution in [2.45, 2.75) is 45.0 Å². The van der Waals surface area contributed by atoms with Gasteiger partial charge in [-0.05, 0) is 31.6 Å². The molecule has 1 aromatic heterocycles. The molecule has 0 radical (unpaired) electrons. The molecule has 3 unspecified atom stereocenters. The Morgan fingerprint density at radius 3 is 2.67 bits per heavy atom. The van der Waals surface area contributed by atoms with E-state index in [0.29, 0.717) is 12.1 Å². The number of carbonyl (C=O) groups excluding carboxylic acids is 1. The molecule has 0 aromatic carbocycles. The van der Waals surface area contributed by atoms with Gasteiger partial charge in [0.15, 0.2) is 0 Å². The van der Waals surface area contributed by atoms with Crippen molar-refractivity contribution in [3.05, 3.63) is 51.9 Å². The number of ether oxygens (including phenoxy) is 2. The highest BCUT2D eigenvalue weighted by Crippen LogP contribution is 2.23. The van der Waals surface area contributed by atoms with Gasteiger partial charge in [-0.25, -0.2) is 4.79 Å². The zero-order chi connectivity index (χ0) is 20.2. The maximum Gasteiger partial charge on any atom is 0.334 e. The molecule has 0 aliphatic rings. The fraction of sp³-hybridized carbons (Fsp3) is 0.556. The van der Waals surface area contributed by atoms with E-state index in [0.717, 1.165) is 0 Å². The van der Waals surface area contributed by atoms with Crippen LogP contribution in [-0.2, 0) is 14.3 Å². The molecule has 0 amide bonds. The summed E-state index contributed by atoms with van der Waals surface area (Å²) in [5.74, 6) is -0.719. The van der Waals surface area contributed by atoms with Gasteiger partial charge in [0.25, 0.3) is 0 Å². The lowest BCUT2D eigenvalue weighted by Crippen LogP contribution is -2.33. The lowest BCUT2D eigenvalue weighted by molar-refractivity contribution is -0.479. The van der Waals surface area contributed by atoms with Crippen LogP contribution in [0.3, 0.4) is 0 Å².